The minimum atomic E-state index is -0.803. The van der Waals surface area contributed by atoms with Crippen molar-refractivity contribution >= 4 is 17.7 Å². The van der Waals surface area contributed by atoms with Crippen molar-refractivity contribution in [1.29, 1.82) is 0 Å². The third-order valence-corrected chi connectivity index (χ3v) is 5.77. The highest BCUT2D eigenvalue weighted by molar-refractivity contribution is 6.22. The molecule has 2 aromatic rings. The fourth-order valence-electron chi connectivity index (χ4n) is 4.49. The maximum atomic E-state index is 13.1. The third kappa shape index (κ3) is 3.19. The molecule has 6 heteroatoms. The number of ketones is 1. The molecule has 2 aromatic carbocycles. The van der Waals surface area contributed by atoms with Gasteiger partial charge in [0.05, 0.1) is 24.2 Å². The van der Waals surface area contributed by atoms with E-state index in [1.807, 2.05) is 24.3 Å². The van der Waals surface area contributed by atoms with E-state index in [-0.39, 0.29) is 23.5 Å². The van der Waals surface area contributed by atoms with Gasteiger partial charge in [0, 0.05) is 22.5 Å². The molecule has 1 unspecified atom stereocenters. The van der Waals surface area contributed by atoms with Gasteiger partial charge in [-0.2, -0.15) is 0 Å². The van der Waals surface area contributed by atoms with E-state index in [1.54, 1.807) is 32.0 Å². The maximum Gasteiger partial charge on any atom is 0.337 e. The summed E-state index contributed by atoms with van der Waals surface area (Å²) >= 11 is 0. The number of methoxy groups -OCH3 is 1. The number of terminal acetylenes is 1. The molecule has 0 radical (unpaired) electrons. The molecule has 4 rings (SSSR count). The predicted octanol–water partition coefficient (Wildman–Crippen LogP) is 3.48. The lowest BCUT2D eigenvalue weighted by atomic mass is 9.77. The number of dihydropyridines is 1. The molecule has 1 heterocycles. The van der Waals surface area contributed by atoms with Crippen LogP contribution in [0.2, 0.25) is 0 Å². The number of hydrogen-bond acceptors (Lipinski definition) is 6. The molecule has 160 valence electrons. The molecule has 1 aliphatic heterocycles. The number of ether oxygens (including phenoxy) is 2. The summed E-state index contributed by atoms with van der Waals surface area (Å²) in [7, 11) is 1.29. The van der Waals surface area contributed by atoms with Crippen molar-refractivity contribution in [3.8, 4) is 23.5 Å². The molecule has 0 aromatic heterocycles. The molecule has 1 atom stereocenters. The van der Waals surface area contributed by atoms with Gasteiger partial charge in [0.15, 0.2) is 12.4 Å². The van der Waals surface area contributed by atoms with Crippen LogP contribution in [0.25, 0.3) is 11.1 Å². The summed E-state index contributed by atoms with van der Waals surface area (Å²) in [5.74, 6) is 0.175. The average Bonchev–Trinajstić information content (AvgIpc) is 3.09. The van der Waals surface area contributed by atoms with Crippen LogP contribution in [0, 0.1) is 12.3 Å². The number of benzene rings is 2. The van der Waals surface area contributed by atoms with Crippen LogP contribution in [0.3, 0.4) is 0 Å². The Bertz CT molecular complexity index is 1280. The number of allylic oxidation sites excluding steroid dienone is 2. The van der Waals surface area contributed by atoms with E-state index in [2.05, 4.69) is 11.2 Å². The Balaban J connectivity index is 2.00. The van der Waals surface area contributed by atoms with Gasteiger partial charge in [-0.25, -0.2) is 9.59 Å². The van der Waals surface area contributed by atoms with Gasteiger partial charge in [-0.1, -0.05) is 48.4 Å². The van der Waals surface area contributed by atoms with E-state index in [4.69, 9.17) is 15.9 Å². The van der Waals surface area contributed by atoms with Crippen LogP contribution >= 0.6 is 0 Å². The Morgan fingerprint density at radius 2 is 1.59 bits per heavy atom. The van der Waals surface area contributed by atoms with Gasteiger partial charge in [-0.15, -0.1) is 6.42 Å². The quantitative estimate of drug-likeness (QED) is 0.507. The molecule has 6 nitrogen and oxygen atoms in total. The predicted molar refractivity (Wildman–Crippen MR) is 118 cm³/mol. The van der Waals surface area contributed by atoms with Gasteiger partial charge < -0.3 is 14.8 Å². The smallest absolute Gasteiger partial charge is 0.337 e. The molecular weight excluding hydrogens is 406 g/mol. The molecule has 2 aliphatic rings. The highest BCUT2D eigenvalue weighted by Gasteiger charge is 2.41. The number of rotatable bonds is 4. The molecule has 32 heavy (non-hydrogen) atoms. The van der Waals surface area contributed by atoms with Crippen molar-refractivity contribution in [3.63, 3.8) is 0 Å². The molecule has 0 saturated heterocycles. The summed E-state index contributed by atoms with van der Waals surface area (Å²) in [5.41, 5.74) is 4.84. The minimum absolute atomic E-state index is 0.0936. The van der Waals surface area contributed by atoms with Crippen molar-refractivity contribution in [3.05, 3.63) is 81.7 Å². The molecule has 0 spiro atoms. The SMILES string of the molecule is C#CCOC(=O)C1=C(C)NC(C)=C(C(=O)OC)C1c1cccc2c1-c1ccccc1C2=O. The standard InChI is InChI=1S/C26H21NO5/c1-5-13-32-26(30)21-15(3)27-14(2)20(25(29)31-4)23(21)18-11-8-12-19-22(18)16-9-6-7-10-17(16)24(19)28/h1,6-12,23,27H,13H2,2-4H3. The first-order chi connectivity index (χ1) is 15.4. The van der Waals surface area contributed by atoms with E-state index < -0.39 is 17.9 Å². The van der Waals surface area contributed by atoms with Crippen LogP contribution < -0.4 is 5.32 Å². The number of carbonyl (C=O) groups is 3. The summed E-state index contributed by atoms with van der Waals surface area (Å²) in [4.78, 5) is 39.0. The van der Waals surface area contributed by atoms with Gasteiger partial charge in [0.25, 0.3) is 0 Å². The molecular formula is C26H21NO5. The lowest BCUT2D eigenvalue weighted by molar-refractivity contribution is -0.138. The number of fused-ring (bicyclic) bond motifs is 3. The average molecular weight is 427 g/mol. The third-order valence-electron chi connectivity index (χ3n) is 5.77. The molecule has 0 bridgehead atoms. The molecule has 1 N–H and O–H groups in total. The van der Waals surface area contributed by atoms with Gasteiger partial charge in [-0.3, -0.25) is 4.79 Å². The largest absolute Gasteiger partial charge is 0.466 e. The Hall–Kier alpha value is -4.11. The Labute approximate surface area is 185 Å². The highest BCUT2D eigenvalue weighted by Crippen LogP contribution is 2.47. The van der Waals surface area contributed by atoms with Crippen LogP contribution in [-0.2, 0) is 19.1 Å². The molecule has 0 amide bonds. The second kappa shape index (κ2) is 8.20. The number of carbonyl (C=O) groups excluding carboxylic acids is 3. The molecule has 1 aliphatic carbocycles. The fourth-order valence-corrected chi connectivity index (χ4v) is 4.49. The second-order valence-electron chi connectivity index (χ2n) is 7.55. The summed E-state index contributed by atoms with van der Waals surface area (Å²) in [6.07, 6.45) is 5.27. The number of nitrogens with one attached hydrogen (secondary N) is 1. The van der Waals surface area contributed by atoms with Gasteiger partial charge in [0.2, 0.25) is 0 Å². The van der Waals surface area contributed by atoms with E-state index in [0.717, 1.165) is 5.56 Å². The van der Waals surface area contributed by atoms with E-state index in [1.165, 1.54) is 7.11 Å². The normalized spacial score (nSPS) is 16.7. The first kappa shape index (κ1) is 21.1. The van der Waals surface area contributed by atoms with Crippen LogP contribution in [0.15, 0.2) is 65.0 Å². The summed E-state index contributed by atoms with van der Waals surface area (Å²) in [6.45, 7) is 3.28. The zero-order chi connectivity index (χ0) is 23.0. The van der Waals surface area contributed by atoms with Crippen molar-refractivity contribution in [2.24, 2.45) is 0 Å². The van der Waals surface area contributed by atoms with E-state index in [9.17, 15) is 14.4 Å². The number of esters is 2. The zero-order valence-electron chi connectivity index (χ0n) is 17.9. The van der Waals surface area contributed by atoms with E-state index >= 15 is 0 Å². The van der Waals surface area contributed by atoms with Crippen LogP contribution in [0.5, 0.6) is 0 Å². The summed E-state index contributed by atoms with van der Waals surface area (Å²) in [6, 6.07) is 12.6. The summed E-state index contributed by atoms with van der Waals surface area (Å²) in [5, 5.41) is 3.09. The monoisotopic (exact) mass is 427 g/mol. The maximum absolute atomic E-state index is 13.1. The number of hydrogen-bond donors (Lipinski definition) is 1. The van der Waals surface area contributed by atoms with Gasteiger partial charge in [-0.05, 0) is 30.5 Å². The molecule has 0 saturated carbocycles. The first-order valence-corrected chi connectivity index (χ1v) is 10.0. The lowest BCUT2D eigenvalue weighted by Crippen LogP contribution is -2.32. The van der Waals surface area contributed by atoms with Crippen molar-refractivity contribution in [2.45, 2.75) is 19.8 Å². The van der Waals surface area contributed by atoms with E-state index in [0.29, 0.717) is 33.6 Å². The fraction of sp³-hybridized carbons (Fsp3) is 0.192. The zero-order valence-corrected chi connectivity index (χ0v) is 17.9. The van der Waals surface area contributed by atoms with Crippen LogP contribution in [0.1, 0.15) is 41.3 Å². The Morgan fingerprint density at radius 1 is 0.969 bits per heavy atom. The van der Waals surface area contributed by atoms with Crippen LogP contribution in [0.4, 0.5) is 0 Å². The topological polar surface area (TPSA) is 81.7 Å². The van der Waals surface area contributed by atoms with Crippen LogP contribution in [-0.4, -0.2) is 31.4 Å². The second-order valence-corrected chi connectivity index (χ2v) is 7.55. The van der Waals surface area contributed by atoms with Crippen molar-refractivity contribution in [2.75, 3.05) is 13.7 Å². The van der Waals surface area contributed by atoms with Gasteiger partial charge in [0.1, 0.15) is 0 Å². The first-order valence-electron chi connectivity index (χ1n) is 10.0. The van der Waals surface area contributed by atoms with Crippen molar-refractivity contribution in [1.82, 2.24) is 5.32 Å². The Morgan fingerprint density at radius 3 is 2.25 bits per heavy atom. The Kier molecular flexibility index (Phi) is 5.41. The lowest BCUT2D eigenvalue weighted by Gasteiger charge is -2.31. The van der Waals surface area contributed by atoms with Gasteiger partial charge >= 0.3 is 11.9 Å². The van der Waals surface area contributed by atoms with Crippen molar-refractivity contribution < 1.29 is 23.9 Å². The highest BCUT2D eigenvalue weighted by atomic mass is 16.5. The molecule has 0 fully saturated rings. The minimum Gasteiger partial charge on any atom is -0.466 e. The summed E-state index contributed by atoms with van der Waals surface area (Å²) < 4.78 is 10.3.